The normalized spacial score (nSPS) is 17.3. The number of hydrogen-bond acceptors (Lipinski definition) is 3. The Balaban J connectivity index is 2.12. The molecule has 18 heavy (non-hydrogen) atoms. The SMILES string of the molecule is NOc1ccccc1C1N=CCc2ccccc21. The Kier molecular flexibility index (Phi) is 2.82. The molecule has 0 amide bonds. The highest BCUT2D eigenvalue weighted by molar-refractivity contribution is 5.67. The number of nitrogens with two attached hydrogens (primary N) is 1. The van der Waals surface area contributed by atoms with E-state index in [1.807, 2.05) is 36.5 Å². The molecular weight excluding hydrogens is 224 g/mol. The fraction of sp³-hybridized carbons (Fsp3) is 0.133. The van der Waals surface area contributed by atoms with Crippen LogP contribution >= 0.6 is 0 Å². The Hall–Kier alpha value is -2.13. The molecule has 0 saturated heterocycles. The molecule has 0 radical (unpaired) electrons. The van der Waals surface area contributed by atoms with Crippen molar-refractivity contribution in [2.45, 2.75) is 12.5 Å². The zero-order valence-corrected chi connectivity index (χ0v) is 9.91. The van der Waals surface area contributed by atoms with E-state index < -0.39 is 0 Å². The molecule has 2 aromatic rings. The van der Waals surface area contributed by atoms with E-state index in [0.29, 0.717) is 5.75 Å². The minimum absolute atomic E-state index is 0.0188. The molecule has 3 rings (SSSR count). The fourth-order valence-corrected chi connectivity index (χ4v) is 2.39. The van der Waals surface area contributed by atoms with Gasteiger partial charge in [-0.3, -0.25) is 4.99 Å². The van der Waals surface area contributed by atoms with Crippen molar-refractivity contribution in [2.24, 2.45) is 10.9 Å². The summed E-state index contributed by atoms with van der Waals surface area (Å²) in [4.78, 5) is 9.53. The summed E-state index contributed by atoms with van der Waals surface area (Å²) in [6.45, 7) is 0. The largest absolute Gasteiger partial charge is 0.411 e. The maximum atomic E-state index is 5.33. The van der Waals surface area contributed by atoms with Crippen LogP contribution in [0.5, 0.6) is 5.75 Å². The Bertz CT molecular complexity index is 593. The molecular formula is C15H14N2O. The van der Waals surface area contributed by atoms with Crippen molar-refractivity contribution in [1.82, 2.24) is 0 Å². The number of hydrogen-bond donors (Lipinski definition) is 1. The molecule has 1 aliphatic heterocycles. The third-order valence-electron chi connectivity index (χ3n) is 3.26. The maximum absolute atomic E-state index is 5.33. The highest BCUT2D eigenvalue weighted by Crippen LogP contribution is 2.35. The number of fused-ring (bicyclic) bond motifs is 1. The lowest BCUT2D eigenvalue weighted by Crippen LogP contribution is -2.12. The van der Waals surface area contributed by atoms with Crippen LogP contribution < -0.4 is 10.7 Å². The molecule has 1 atom stereocenters. The minimum atomic E-state index is -0.0188. The van der Waals surface area contributed by atoms with Crippen LogP contribution in [0.15, 0.2) is 53.5 Å². The summed E-state index contributed by atoms with van der Waals surface area (Å²) < 4.78 is 0. The van der Waals surface area contributed by atoms with Crippen LogP contribution in [0.3, 0.4) is 0 Å². The van der Waals surface area contributed by atoms with Gasteiger partial charge in [0.15, 0.2) is 5.75 Å². The van der Waals surface area contributed by atoms with Crippen molar-refractivity contribution in [3.05, 3.63) is 65.2 Å². The topological polar surface area (TPSA) is 47.6 Å². The molecule has 0 saturated carbocycles. The van der Waals surface area contributed by atoms with Crippen molar-refractivity contribution in [2.75, 3.05) is 0 Å². The lowest BCUT2D eigenvalue weighted by Gasteiger charge is -2.21. The molecule has 3 nitrogen and oxygen atoms in total. The number of para-hydroxylation sites is 1. The Labute approximate surface area is 106 Å². The summed E-state index contributed by atoms with van der Waals surface area (Å²) in [5.41, 5.74) is 3.54. The summed E-state index contributed by atoms with van der Waals surface area (Å²) in [6, 6.07) is 16.1. The summed E-state index contributed by atoms with van der Waals surface area (Å²) in [7, 11) is 0. The molecule has 1 aliphatic rings. The molecule has 2 aromatic carbocycles. The zero-order chi connectivity index (χ0) is 12.4. The van der Waals surface area contributed by atoms with E-state index in [0.717, 1.165) is 12.0 Å². The van der Waals surface area contributed by atoms with Gasteiger partial charge in [0.2, 0.25) is 0 Å². The highest BCUT2D eigenvalue weighted by Gasteiger charge is 2.21. The molecule has 0 spiro atoms. The smallest absolute Gasteiger partial charge is 0.152 e. The van der Waals surface area contributed by atoms with Gasteiger partial charge in [-0.25, -0.2) is 0 Å². The second-order valence-electron chi connectivity index (χ2n) is 4.29. The van der Waals surface area contributed by atoms with E-state index in [1.165, 1.54) is 11.1 Å². The molecule has 0 fully saturated rings. The molecule has 90 valence electrons. The van der Waals surface area contributed by atoms with Gasteiger partial charge < -0.3 is 4.84 Å². The van der Waals surface area contributed by atoms with Gasteiger partial charge >= 0.3 is 0 Å². The Morgan fingerprint density at radius 3 is 2.56 bits per heavy atom. The van der Waals surface area contributed by atoms with Crippen LogP contribution in [0.1, 0.15) is 22.7 Å². The minimum Gasteiger partial charge on any atom is -0.411 e. The summed E-state index contributed by atoms with van der Waals surface area (Å²) in [5.74, 6) is 6.00. The third kappa shape index (κ3) is 1.79. The zero-order valence-electron chi connectivity index (χ0n) is 9.91. The van der Waals surface area contributed by atoms with Crippen LogP contribution in [0.2, 0.25) is 0 Å². The molecule has 0 aliphatic carbocycles. The van der Waals surface area contributed by atoms with Crippen molar-refractivity contribution in [3.8, 4) is 5.75 Å². The maximum Gasteiger partial charge on any atom is 0.152 e. The lowest BCUT2D eigenvalue weighted by molar-refractivity contribution is 0.329. The van der Waals surface area contributed by atoms with Crippen LogP contribution in [-0.4, -0.2) is 6.21 Å². The van der Waals surface area contributed by atoms with Gasteiger partial charge in [-0.15, -0.1) is 0 Å². The molecule has 1 heterocycles. The predicted octanol–water partition coefficient (Wildman–Crippen LogP) is 2.66. The first-order chi connectivity index (χ1) is 8.90. The lowest BCUT2D eigenvalue weighted by atomic mass is 9.91. The Morgan fingerprint density at radius 1 is 1.00 bits per heavy atom. The Morgan fingerprint density at radius 2 is 1.72 bits per heavy atom. The van der Waals surface area contributed by atoms with Crippen molar-refractivity contribution in [1.29, 1.82) is 0 Å². The molecule has 3 heteroatoms. The fourth-order valence-electron chi connectivity index (χ4n) is 2.39. The quantitative estimate of drug-likeness (QED) is 0.818. The molecule has 0 aromatic heterocycles. The van der Waals surface area contributed by atoms with Gasteiger partial charge in [0.1, 0.15) is 6.04 Å². The van der Waals surface area contributed by atoms with Crippen molar-refractivity contribution in [3.63, 3.8) is 0 Å². The average molecular weight is 238 g/mol. The van der Waals surface area contributed by atoms with E-state index in [1.54, 1.807) is 0 Å². The van der Waals surface area contributed by atoms with Crippen molar-refractivity contribution < 1.29 is 4.84 Å². The second-order valence-corrected chi connectivity index (χ2v) is 4.29. The first-order valence-electron chi connectivity index (χ1n) is 5.95. The number of benzene rings is 2. The first kappa shape index (κ1) is 11.0. The van der Waals surface area contributed by atoms with Gasteiger partial charge in [-0.05, 0) is 17.2 Å². The van der Waals surface area contributed by atoms with E-state index in [4.69, 9.17) is 10.7 Å². The number of rotatable bonds is 2. The average Bonchev–Trinajstić information content (AvgIpc) is 2.46. The summed E-state index contributed by atoms with van der Waals surface area (Å²) in [6.07, 6.45) is 2.85. The van der Waals surface area contributed by atoms with Gasteiger partial charge in [-0.1, -0.05) is 42.5 Å². The van der Waals surface area contributed by atoms with Crippen LogP contribution in [-0.2, 0) is 6.42 Å². The molecule has 1 unspecified atom stereocenters. The highest BCUT2D eigenvalue weighted by atomic mass is 16.6. The number of aliphatic imine (C=N–C) groups is 1. The summed E-state index contributed by atoms with van der Waals surface area (Å²) in [5, 5.41) is 0. The van der Waals surface area contributed by atoms with Crippen molar-refractivity contribution >= 4 is 6.21 Å². The van der Waals surface area contributed by atoms with Crippen LogP contribution in [0, 0.1) is 0 Å². The first-order valence-corrected chi connectivity index (χ1v) is 5.95. The van der Waals surface area contributed by atoms with Gasteiger partial charge in [0.25, 0.3) is 0 Å². The third-order valence-corrected chi connectivity index (χ3v) is 3.26. The van der Waals surface area contributed by atoms with Crippen LogP contribution in [0.25, 0.3) is 0 Å². The van der Waals surface area contributed by atoms with E-state index in [9.17, 15) is 0 Å². The van der Waals surface area contributed by atoms with Gasteiger partial charge in [0.05, 0.1) is 0 Å². The van der Waals surface area contributed by atoms with Gasteiger partial charge in [-0.2, -0.15) is 5.90 Å². The van der Waals surface area contributed by atoms with Gasteiger partial charge in [0, 0.05) is 18.2 Å². The predicted molar refractivity (Wildman–Crippen MR) is 71.7 cm³/mol. The monoisotopic (exact) mass is 238 g/mol. The van der Waals surface area contributed by atoms with E-state index in [2.05, 4.69) is 23.2 Å². The molecule has 2 N–H and O–H groups in total. The van der Waals surface area contributed by atoms with E-state index in [-0.39, 0.29) is 6.04 Å². The van der Waals surface area contributed by atoms with Crippen LogP contribution in [0.4, 0.5) is 0 Å². The molecule has 0 bridgehead atoms. The summed E-state index contributed by atoms with van der Waals surface area (Å²) >= 11 is 0. The standard InChI is InChI=1S/C15H14N2O/c16-18-14-8-4-3-7-13(14)15-12-6-2-1-5-11(12)9-10-17-15/h1-8,10,15H,9,16H2. The second kappa shape index (κ2) is 4.63. The van der Waals surface area contributed by atoms with E-state index >= 15 is 0 Å². The number of nitrogens with zero attached hydrogens (tertiary/aromatic N) is 1.